The van der Waals surface area contributed by atoms with Crippen LogP contribution in [0.1, 0.15) is 16.9 Å². The van der Waals surface area contributed by atoms with Crippen molar-refractivity contribution >= 4 is 23.7 Å². The Balaban J connectivity index is 2.28. The molecule has 19 heavy (non-hydrogen) atoms. The number of aldehydes is 1. The Hall–Kier alpha value is -2.37. The molecule has 0 spiro atoms. The number of imidazole rings is 1. The normalized spacial score (nSPS) is 10.4. The second-order valence-electron chi connectivity index (χ2n) is 4.21. The lowest BCUT2D eigenvalue weighted by atomic mass is 10.3. The summed E-state index contributed by atoms with van der Waals surface area (Å²) in [6.45, 7) is 0.504. The van der Waals surface area contributed by atoms with E-state index in [0.29, 0.717) is 30.1 Å². The Bertz CT molecular complexity index is 606. The second kappa shape index (κ2) is 5.51. The topological polar surface area (TPSA) is 66.7 Å². The van der Waals surface area contributed by atoms with E-state index in [1.165, 1.54) is 0 Å². The number of aromatic nitrogens is 2. The molecule has 0 aliphatic carbocycles. The fourth-order valence-electron chi connectivity index (χ4n) is 1.89. The monoisotopic (exact) mass is 260 g/mol. The minimum Gasteiger partial charge on any atom is -0.359 e. The number of carbonyl (C=O) groups excluding carboxylic acids is 2. The highest BCUT2D eigenvalue weighted by Crippen LogP contribution is 2.19. The predicted molar refractivity (Wildman–Crippen MR) is 72.5 cm³/mol. The first-order chi connectivity index (χ1) is 9.17. The molecule has 0 bridgehead atoms. The number of hydrogen-bond acceptors (Lipinski definition) is 4. The third-order valence-electron chi connectivity index (χ3n) is 2.97. The van der Waals surface area contributed by atoms with Crippen molar-refractivity contribution in [3.63, 3.8) is 0 Å². The van der Waals surface area contributed by atoms with Crippen molar-refractivity contribution in [1.82, 2.24) is 14.7 Å². The van der Waals surface area contributed by atoms with Crippen molar-refractivity contribution < 1.29 is 9.59 Å². The van der Waals surface area contributed by atoms with Crippen LogP contribution in [0, 0.1) is 0 Å². The molecule has 0 saturated heterocycles. The SMILES string of the molecule is CNC(=O)CCN(C)c1nc2ccccn2c1C=O. The van der Waals surface area contributed by atoms with E-state index in [-0.39, 0.29) is 5.91 Å². The van der Waals surface area contributed by atoms with E-state index in [0.717, 1.165) is 6.29 Å². The number of fused-ring (bicyclic) bond motifs is 1. The van der Waals surface area contributed by atoms with Crippen molar-refractivity contribution in [3.05, 3.63) is 30.1 Å². The quantitative estimate of drug-likeness (QED) is 0.804. The minimum atomic E-state index is -0.0386. The maximum atomic E-state index is 11.2. The summed E-state index contributed by atoms with van der Waals surface area (Å²) in [5.41, 5.74) is 1.21. The van der Waals surface area contributed by atoms with E-state index in [9.17, 15) is 9.59 Å². The molecule has 6 heteroatoms. The van der Waals surface area contributed by atoms with Crippen LogP contribution in [-0.2, 0) is 4.79 Å². The van der Waals surface area contributed by atoms with Gasteiger partial charge in [-0.2, -0.15) is 0 Å². The molecule has 0 aliphatic heterocycles. The molecule has 2 heterocycles. The van der Waals surface area contributed by atoms with Crippen LogP contribution in [0.4, 0.5) is 5.82 Å². The van der Waals surface area contributed by atoms with Gasteiger partial charge in [0.1, 0.15) is 11.3 Å². The van der Waals surface area contributed by atoms with Gasteiger partial charge in [0, 0.05) is 33.3 Å². The number of amides is 1. The highest BCUT2D eigenvalue weighted by molar-refractivity contribution is 5.83. The van der Waals surface area contributed by atoms with Gasteiger partial charge < -0.3 is 10.2 Å². The number of nitrogens with zero attached hydrogens (tertiary/aromatic N) is 3. The molecule has 2 aromatic heterocycles. The van der Waals surface area contributed by atoms with Gasteiger partial charge in [-0.25, -0.2) is 4.98 Å². The van der Waals surface area contributed by atoms with Crippen molar-refractivity contribution in [2.24, 2.45) is 0 Å². The van der Waals surface area contributed by atoms with Gasteiger partial charge in [0.15, 0.2) is 12.1 Å². The molecule has 6 nitrogen and oxygen atoms in total. The van der Waals surface area contributed by atoms with Gasteiger partial charge in [-0.3, -0.25) is 14.0 Å². The minimum absolute atomic E-state index is 0.0386. The maximum absolute atomic E-state index is 11.2. The Morgan fingerprint density at radius 2 is 2.32 bits per heavy atom. The Labute approximate surface area is 111 Å². The van der Waals surface area contributed by atoms with Gasteiger partial charge in [-0.15, -0.1) is 0 Å². The van der Waals surface area contributed by atoms with Crippen LogP contribution in [0.3, 0.4) is 0 Å². The van der Waals surface area contributed by atoms with Gasteiger partial charge in [0.05, 0.1) is 0 Å². The van der Waals surface area contributed by atoms with E-state index in [4.69, 9.17) is 0 Å². The van der Waals surface area contributed by atoms with Crippen LogP contribution in [0.25, 0.3) is 5.65 Å². The van der Waals surface area contributed by atoms with Crippen molar-refractivity contribution in [1.29, 1.82) is 0 Å². The number of anilines is 1. The summed E-state index contributed by atoms with van der Waals surface area (Å²) in [4.78, 5) is 28.7. The first-order valence-electron chi connectivity index (χ1n) is 6.01. The maximum Gasteiger partial charge on any atom is 0.221 e. The summed E-state index contributed by atoms with van der Waals surface area (Å²) >= 11 is 0. The molecule has 2 aromatic rings. The van der Waals surface area contributed by atoms with Gasteiger partial charge in [-0.05, 0) is 12.1 Å². The molecule has 0 saturated carbocycles. The molecular weight excluding hydrogens is 244 g/mol. The molecule has 1 N–H and O–H groups in total. The summed E-state index contributed by atoms with van der Waals surface area (Å²) < 4.78 is 1.73. The van der Waals surface area contributed by atoms with Crippen molar-refractivity contribution in [2.45, 2.75) is 6.42 Å². The Morgan fingerprint density at radius 1 is 1.53 bits per heavy atom. The molecule has 0 fully saturated rings. The average molecular weight is 260 g/mol. The molecule has 2 rings (SSSR count). The number of rotatable bonds is 5. The third-order valence-corrected chi connectivity index (χ3v) is 2.97. The largest absolute Gasteiger partial charge is 0.359 e. The zero-order chi connectivity index (χ0) is 13.8. The summed E-state index contributed by atoms with van der Waals surface area (Å²) in [6.07, 6.45) is 2.94. The van der Waals surface area contributed by atoms with E-state index < -0.39 is 0 Å². The zero-order valence-corrected chi connectivity index (χ0v) is 11.0. The lowest BCUT2D eigenvalue weighted by molar-refractivity contribution is -0.120. The van der Waals surface area contributed by atoms with Crippen molar-refractivity contribution in [3.8, 4) is 0 Å². The third kappa shape index (κ3) is 2.57. The molecule has 0 aromatic carbocycles. The number of pyridine rings is 1. The molecular formula is C13H16N4O2. The summed E-state index contributed by atoms with van der Waals surface area (Å²) in [5, 5.41) is 2.57. The number of carbonyl (C=O) groups is 2. The van der Waals surface area contributed by atoms with E-state index in [1.54, 1.807) is 17.6 Å². The molecule has 0 atom stereocenters. The first-order valence-corrected chi connectivity index (χ1v) is 6.01. The van der Waals surface area contributed by atoms with E-state index >= 15 is 0 Å². The highest BCUT2D eigenvalue weighted by Gasteiger charge is 2.15. The van der Waals surface area contributed by atoms with Crippen LogP contribution >= 0.6 is 0 Å². The Morgan fingerprint density at radius 3 is 3.00 bits per heavy atom. The number of nitrogens with one attached hydrogen (secondary N) is 1. The predicted octanol–water partition coefficient (Wildman–Crippen LogP) is 0.719. The van der Waals surface area contributed by atoms with Gasteiger partial charge in [-0.1, -0.05) is 6.07 Å². The molecule has 0 aliphatic rings. The second-order valence-corrected chi connectivity index (χ2v) is 4.21. The van der Waals surface area contributed by atoms with Gasteiger partial charge in [0.2, 0.25) is 5.91 Å². The standard InChI is InChI=1S/C13H16N4O2/c1-14-12(19)6-8-16(2)13-10(9-18)17-7-4-3-5-11(17)15-13/h3-5,7,9H,6,8H2,1-2H3,(H,14,19). The summed E-state index contributed by atoms with van der Waals surface area (Å²) in [7, 11) is 3.42. The average Bonchev–Trinajstić information content (AvgIpc) is 2.82. The first kappa shape index (κ1) is 13.1. The van der Waals surface area contributed by atoms with Crippen molar-refractivity contribution in [2.75, 3.05) is 25.5 Å². The molecule has 0 unspecified atom stereocenters. The molecule has 0 radical (unpaired) electrons. The van der Waals surface area contributed by atoms with Gasteiger partial charge >= 0.3 is 0 Å². The fourth-order valence-corrected chi connectivity index (χ4v) is 1.89. The lowest BCUT2D eigenvalue weighted by Gasteiger charge is -2.16. The highest BCUT2D eigenvalue weighted by atomic mass is 16.1. The van der Waals surface area contributed by atoms with Crippen LogP contribution in [0.15, 0.2) is 24.4 Å². The lowest BCUT2D eigenvalue weighted by Crippen LogP contribution is -2.27. The fraction of sp³-hybridized carbons (Fsp3) is 0.308. The van der Waals surface area contributed by atoms with E-state index in [1.807, 2.05) is 30.1 Å². The van der Waals surface area contributed by atoms with Crippen LogP contribution in [0.5, 0.6) is 0 Å². The van der Waals surface area contributed by atoms with E-state index in [2.05, 4.69) is 10.3 Å². The van der Waals surface area contributed by atoms with Crippen LogP contribution in [-0.4, -0.2) is 42.2 Å². The van der Waals surface area contributed by atoms with Gasteiger partial charge in [0.25, 0.3) is 0 Å². The molecule has 1 amide bonds. The number of hydrogen-bond donors (Lipinski definition) is 1. The summed E-state index contributed by atoms with van der Waals surface area (Å²) in [6, 6.07) is 5.55. The Kier molecular flexibility index (Phi) is 3.79. The van der Waals surface area contributed by atoms with Crippen LogP contribution in [0.2, 0.25) is 0 Å². The zero-order valence-electron chi connectivity index (χ0n) is 11.0. The smallest absolute Gasteiger partial charge is 0.221 e. The molecule has 100 valence electrons. The van der Waals surface area contributed by atoms with Crippen LogP contribution < -0.4 is 10.2 Å². The summed E-state index contributed by atoms with van der Waals surface area (Å²) in [5.74, 6) is 0.549.